The molecule has 0 bridgehead atoms. The molecule has 0 aliphatic carbocycles. The van der Waals surface area contributed by atoms with Crippen LogP contribution in [0.25, 0.3) is 0 Å². The first-order valence-corrected chi connectivity index (χ1v) is 6.23. The summed E-state index contributed by atoms with van der Waals surface area (Å²) in [4.78, 5) is 0. The smallest absolute Gasteiger partial charge is 0.161 e. The van der Waals surface area contributed by atoms with Crippen molar-refractivity contribution in [3.63, 3.8) is 0 Å². The molecule has 5 heteroatoms. The Bertz CT molecular complexity index is 602. The summed E-state index contributed by atoms with van der Waals surface area (Å²) in [6.45, 7) is 2.60. The van der Waals surface area contributed by atoms with Crippen LogP contribution in [0.4, 0.5) is 14.5 Å². The molecule has 106 valence electrons. The Morgan fingerprint density at radius 2 is 1.95 bits per heavy atom. The average molecular weight is 279 g/mol. The number of phenolic OH excluding ortho intramolecular Hbond substituents is 1. The Morgan fingerprint density at radius 3 is 2.65 bits per heavy atom. The number of hydrogen-bond donors (Lipinski definition) is 2. The van der Waals surface area contributed by atoms with E-state index in [0.717, 1.165) is 11.6 Å². The van der Waals surface area contributed by atoms with Gasteiger partial charge in [-0.1, -0.05) is 6.07 Å². The molecule has 0 saturated carbocycles. The molecule has 20 heavy (non-hydrogen) atoms. The van der Waals surface area contributed by atoms with Crippen molar-refractivity contribution < 1.29 is 18.6 Å². The van der Waals surface area contributed by atoms with Crippen molar-refractivity contribution in [3.05, 3.63) is 53.6 Å². The van der Waals surface area contributed by atoms with Gasteiger partial charge in [0.25, 0.3) is 0 Å². The first-order valence-electron chi connectivity index (χ1n) is 6.23. The third kappa shape index (κ3) is 3.38. The SMILES string of the molecule is CCOc1cc(CNc2ccc(F)cc2F)ccc1O. The largest absolute Gasteiger partial charge is 0.504 e. The van der Waals surface area contributed by atoms with Gasteiger partial charge in [0.15, 0.2) is 11.5 Å². The lowest BCUT2D eigenvalue weighted by Crippen LogP contribution is -2.02. The lowest BCUT2D eigenvalue weighted by atomic mass is 10.2. The fourth-order valence-corrected chi connectivity index (χ4v) is 1.77. The molecular formula is C15H15F2NO2. The van der Waals surface area contributed by atoms with Gasteiger partial charge in [-0.2, -0.15) is 0 Å². The highest BCUT2D eigenvalue weighted by Gasteiger charge is 2.06. The van der Waals surface area contributed by atoms with Crippen molar-refractivity contribution in [2.75, 3.05) is 11.9 Å². The van der Waals surface area contributed by atoms with Crippen LogP contribution in [0.3, 0.4) is 0 Å². The van der Waals surface area contributed by atoms with Crippen LogP contribution in [0.2, 0.25) is 0 Å². The normalized spacial score (nSPS) is 10.3. The van der Waals surface area contributed by atoms with E-state index in [9.17, 15) is 13.9 Å². The Kier molecular flexibility index (Phi) is 4.40. The fourth-order valence-electron chi connectivity index (χ4n) is 1.77. The predicted molar refractivity (Wildman–Crippen MR) is 73.0 cm³/mol. The molecule has 0 aliphatic heterocycles. The molecule has 0 heterocycles. The highest BCUT2D eigenvalue weighted by atomic mass is 19.1. The lowest BCUT2D eigenvalue weighted by molar-refractivity contribution is 0.318. The van der Waals surface area contributed by atoms with E-state index in [2.05, 4.69) is 5.32 Å². The number of phenols is 1. The summed E-state index contributed by atoms with van der Waals surface area (Å²) in [6.07, 6.45) is 0. The second kappa shape index (κ2) is 6.23. The molecule has 0 radical (unpaired) electrons. The van der Waals surface area contributed by atoms with E-state index in [1.807, 2.05) is 6.92 Å². The molecule has 0 atom stereocenters. The maximum absolute atomic E-state index is 13.5. The number of aromatic hydroxyl groups is 1. The van der Waals surface area contributed by atoms with Crippen molar-refractivity contribution in [1.82, 2.24) is 0 Å². The summed E-state index contributed by atoms with van der Waals surface area (Å²) in [5.41, 5.74) is 1.03. The van der Waals surface area contributed by atoms with Crippen LogP contribution in [-0.2, 0) is 6.54 Å². The van der Waals surface area contributed by atoms with E-state index < -0.39 is 11.6 Å². The van der Waals surface area contributed by atoms with Crippen LogP contribution >= 0.6 is 0 Å². The minimum absolute atomic E-state index is 0.0589. The molecule has 0 amide bonds. The standard InChI is InChI=1S/C15H15F2NO2/c1-2-20-15-7-10(3-6-14(15)19)9-18-13-5-4-11(16)8-12(13)17/h3-8,18-19H,2,9H2,1H3. The average Bonchev–Trinajstić information content (AvgIpc) is 2.41. The molecule has 3 nitrogen and oxygen atoms in total. The van der Waals surface area contributed by atoms with E-state index in [-0.39, 0.29) is 11.4 Å². The zero-order valence-electron chi connectivity index (χ0n) is 11.0. The van der Waals surface area contributed by atoms with E-state index in [0.29, 0.717) is 18.9 Å². The van der Waals surface area contributed by atoms with Crippen LogP contribution in [0, 0.1) is 11.6 Å². The zero-order chi connectivity index (χ0) is 14.5. The van der Waals surface area contributed by atoms with Crippen LogP contribution in [0.1, 0.15) is 12.5 Å². The fraction of sp³-hybridized carbons (Fsp3) is 0.200. The van der Waals surface area contributed by atoms with E-state index >= 15 is 0 Å². The number of ether oxygens (including phenoxy) is 1. The molecule has 2 aromatic carbocycles. The number of nitrogens with one attached hydrogen (secondary N) is 1. The minimum Gasteiger partial charge on any atom is -0.504 e. The van der Waals surface area contributed by atoms with Crippen molar-refractivity contribution in [3.8, 4) is 11.5 Å². The molecule has 2 aromatic rings. The molecule has 2 N–H and O–H groups in total. The van der Waals surface area contributed by atoms with Crippen molar-refractivity contribution in [2.45, 2.75) is 13.5 Å². The quantitative estimate of drug-likeness (QED) is 0.877. The molecule has 2 rings (SSSR count). The van der Waals surface area contributed by atoms with Gasteiger partial charge < -0.3 is 15.2 Å². The molecule has 0 aromatic heterocycles. The monoisotopic (exact) mass is 279 g/mol. The van der Waals surface area contributed by atoms with Gasteiger partial charge in [0.05, 0.1) is 12.3 Å². The minimum atomic E-state index is -0.645. The first kappa shape index (κ1) is 14.1. The van der Waals surface area contributed by atoms with Gasteiger partial charge in [-0.05, 0) is 36.8 Å². The topological polar surface area (TPSA) is 41.5 Å². The van der Waals surface area contributed by atoms with E-state index in [1.54, 1.807) is 12.1 Å². The highest BCUT2D eigenvalue weighted by Crippen LogP contribution is 2.27. The second-order valence-electron chi connectivity index (χ2n) is 4.21. The van der Waals surface area contributed by atoms with Crippen LogP contribution in [0.5, 0.6) is 11.5 Å². The van der Waals surface area contributed by atoms with Gasteiger partial charge in [-0.3, -0.25) is 0 Å². The zero-order valence-corrected chi connectivity index (χ0v) is 11.0. The third-order valence-electron chi connectivity index (χ3n) is 2.74. The number of hydrogen-bond acceptors (Lipinski definition) is 3. The molecule has 0 aliphatic rings. The molecule has 0 fully saturated rings. The predicted octanol–water partition coefficient (Wildman–Crippen LogP) is 3.68. The maximum Gasteiger partial charge on any atom is 0.161 e. The maximum atomic E-state index is 13.5. The van der Waals surface area contributed by atoms with Gasteiger partial charge in [0, 0.05) is 12.6 Å². The Labute approximate surface area is 115 Å². The molecule has 0 saturated heterocycles. The second-order valence-corrected chi connectivity index (χ2v) is 4.21. The number of benzene rings is 2. The van der Waals surface area contributed by atoms with Crippen LogP contribution < -0.4 is 10.1 Å². The third-order valence-corrected chi connectivity index (χ3v) is 2.74. The van der Waals surface area contributed by atoms with Gasteiger partial charge >= 0.3 is 0 Å². The number of halogens is 2. The van der Waals surface area contributed by atoms with E-state index in [4.69, 9.17) is 4.74 Å². The summed E-state index contributed by atoms with van der Waals surface area (Å²) in [5, 5.41) is 12.4. The van der Waals surface area contributed by atoms with Crippen molar-refractivity contribution >= 4 is 5.69 Å². The Balaban J connectivity index is 2.08. The summed E-state index contributed by atoms with van der Waals surface area (Å²) in [7, 11) is 0. The van der Waals surface area contributed by atoms with Crippen molar-refractivity contribution in [2.24, 2.45) is 0 Å². The number of rotatable bonds is 5. The number of anilines is 1. The Hall–Kier alpha value is -2.30. The van der Waals surface area contributed by atoms with E-state index in [1.165, 1.54) is 18.2 Å². The van der Waals surface area contributed by atoms with Crippen LogP contribution in [0.15, 0.2) is 36.4 Å². The van der Waals surface area contributed by atoms with Crippen molar-refractivity contribution in [1.29, 1.82) is 0 Å². The highest BCUT2D eigenvalue weighted by molar-refractivity contribution is 5.47. The summed E-state index contributed by atoms with van der Waals surface area (Å²) in [5.74, 6) is -0.819. The van der Waals surface area contributed by atoms with Gasteiger partial charge in [-0.25, -0.2) is 8.78 Å². The van der Waals surface area contributed by atoms with Gasteiger partial charge in [0.2, 0.25) is 0 Å². The van der Waals surface area contributed by atoms with Gasteiger partial charge in [0.1, 0.15) is 11.6 Å². The summed E-state index contributed by atoms with van der Waals surface area (Å²) in [6, 6.07) is 8.25. The molecule has 0 spiro atoms. The van der Waals surface area contributed by atoms with Gasteiger partial charge in [-0.15, -0.1) is 0 Å². The van der Waals surface area contributed by atoms with Crippen LogP contribution in [-0.4, -0.2) is 11.7 Å². The summed E-state index contributed by atoms with van der Waals surface area (Å²) >= 11 is 0. The lowest BCUT2D eigenvalue weighted by Gasteiger charge is -2.10. The summed E-state index contributed by atoms with van der Waals surface area (Å²) < 4.78 is 31.5. The first-order chi connectivity index (χ1) is 9.60. The molecular weight excluding hydrogens is 264 g/mol. The Morgan fingerprint density at radius 1 is 1.15 bits per heavy atom. The molecule has 0 unspecified atom stereocenters.